The standard InChI is InChI=1S/C14H15FN4/c1-8-13(14-11(16)7-17-19(14)3)10-5-4-9(15)6-12(10)18(8)2/h4-7H,16H2,1-3H3. The number of halogens is 1. The Hall–Kier alpha value is -2.30. The summed E-state index contributed by atoms with van der Waals surface area (Å²) in [6.45, 7) is 2.00. The van der Waals surface area contributed by atoms with E-state index in [2.05, 4.69) is 5.10 Å². The molecule has 19 heavy (non-hydrogen) atoms. The summed E-state index contributed by atoms with van der Waals surface area (Å²) in [5, 5.41) is 5.16. The van der Waals surface area contributed by atoms with E-state index in [4.69, 9.17) is 5.73 Å². The summed E-state index contributed by atoms with van der Waals surface area (Å²) in [5.41, 5.74) is 10.4. The molecule has 0 amide bonds. The monoisotopic (exact) mass is 258 g/mol. The third-order valence-electron chi connectivity index (χ3n) is 3.66. The minimum absolute atomic E-state index is 0.238. The lowest BCUT2D eigenvalue weighted by Crippen LogP contribution is -1.98. The number of aryl methyl sites for hydroxylation is 2. The summed E-state index contributed by atoms with van der Waals surface area (Å²) >= 11 is 0. The van der Waals surface area contributed by atoms with Crippen LogP contribution in [0.4, 0.5) is 10.1 Å². The van der Waals surface area contributed by atoms with Crippen LogP contribution in [0.25, 0.3) is 22.2 Å². The second-order valence-corrected chi connectivity index (χ2v) is 4.75. The van der Waals surface area contributed by atoms with Crippen LogP contribution in [0.15, 0.2) is 24.4 Å². The zero-order valence-corrected chi connectivity index (χ0v) is 11.1. The maximum absolute atomic E-state index is 13.4. The fourth-order valence-corrected chi connectivity index (χ4v) is 2.60. The molecule has 2 heterocycles. The number of aromatic nitrogens is 3. The van der Waals surface area contributed by atoms with Crippen molar-refractivity contribution in [2.45, 2.75) is 6.92 Å². The maximum Gasteiger partial charge on any atom is 0.125 e. The predicted molar refractivity (Wildman–Crippen MR) is 74.2 cm³/mol. The smallest absolute Gasteiger partial charge is 0.125 e. The van der Waals surface area contributed by atoms with Crippen molar-refractivity contribution in [3.05, 3.63) is 35.9 Å². The quantitative estimate of drug-likeness (QED) is 0.729. The van der Waals surface area contributed by atoms with E-state index in [1.807, 2.05) is 25.6 Å². The molecule has 0 aliphatic carbocycles. The average molecular weight is 258 g/mol. The third kappa shape index (κ3) is 1.54. The van der Waals surface area contributed by atoms with Gasteiger partial charge in [0.05, 0.1) is 23.1 Å². The molecule has 2 aromatic heterocycles. The zero-order valence-electron chi connectivity index (χ0n) is 11.1. The Bertz CT molecular complexity index is 763. The molecule has 1 aromatic carbocycles. The van der Waals surface area contributed by atoms with E-state index < -0.39 is 0 Å². The van der Waals surface area contributed by atoms with Gasteiger partial charge in [0.15, 0.2) is 0 Å². The summed E-state index contributed by atoms with van der Waals surface area (Å²) in [6.07, 6.45) is 1.64. The van der Waals surface area contributed by atoms with Crippen molar-refractivity contribution >= 4 is 16.6 Å². The molecule has 0 saturated carbocycles. The van der Waals surface area contributed by atoms with Crippen molar-refractivity contribution in [3.63, 3.8) is 0 Å². The Morgan fingerprint density at radius 3 is 2.63 bits per heavy atom. The fourth-order valence-electron chi connectivity index (χ4n) is 2.60. The first-order valence-electron chi connectivity index (χ1n) is 6.03. The first-order valence-corrected chi connectivity index (χ1v) is 6.03. The highest BCUT2D eigenvalue weighted by atomic mass is 19.1. The Morgan fingerprint density at radius 1 is 1.26 bits per heavy atom. The van der Waals surface area contributed by atoms with Gasteiger partial charge in [-0.1, -0.05) is 0 Å². The maximum atomic E-state index is 13.4. The molecule has 3 rings (SSSR count). The molecule has 0 saturated heterocycles. The molecule has 0 spiro atoms. The number of rotatable bonds is 1. The minimum atomic E-state index is -0.238. The van der Waals surface area contributed by atoms with Gasteiger partial charge >= 0.3 is 0 Å². The van der Waals surface area contributed by atoms with Crippen LogP contribution < -0.4 is 5.73 Å². The van der Waals surface area contributed by atoms with Crippen LogP contribution in [-0.2, 0) is 14.1 Å². The van der Waals surface area contributed by atoms with Crippen LogP contribution in [0.3, 0.4) is 0 Å². The first-order chi connectivity index (χ1) is 9.00. The Kier molecular flexibility index (Phi) is 2.38. The van der Waals surface area contributed by atoms with Gasteiger partial charge in [-0.2, -0.15) is 5.10 Å². The third-order valence-corrected chi connectivity index (χ3v) is 3.66. The number of nitrogens with zero attached hydrogens (tertiary/aromatic N) is 3. The zero-order chi connectivity index (χ0) is 13.7. The second-order valence-electron chi connectivity index (χ2n) is 4.75. The molecular formula is C14H15FN4. The van der Waals surface area contributed by atoms with Crippen LogP contribution >= 0.6 is 0 Å². The van der Waals surface area contributed by atoms with Crippen LogP contribution in [0, 0.1) is 12.7 Å². The Morgan fingerprint density at radius 2 is 2.00 bits per heavy atom. The van der Waals surface area contributed by atoms with Crippen molar-refractivity contribution in [2.24, 2.45) is 14.1 Å². The lowest BCUT2D eigenvalue weighted by molar-refractivity contribution is 0.629. The molecule has 2 N–H and O–H groups in total. The van der Waals surface area contributed by atoms with Crippen LogP contribution in [0.2, 0.25) is 0 Å². The minimum Gasteiger partial charge on any atom is -0.396 e. The molecule has 0 radical (unpaired) electrons. The molecule has 3 aromatic rings. The highest BCUT2D eigenvalue weighted by molar-refractivity contribution is 5.99. The predicted octanol–water partition coefficient (Wildman–Crippen LogP) is 2.61. The van der Waals surface area contributed by atoms with Gasteiger partial charge in [-0.15, -0.1) is 0 Å². The van der Waals surface area contributed by atoms with E-state index in [1.165, 1.54) is 6.07 Å². The highest BCUT2D eigenvalue weighted by Gasteiger charge is 2.19. The molecule has 5 heteroatoms. The summed E-state index contributed by atoms with van der Waals surface area (Å²) in [5.74, 6) is -0.238. The fraction of sp³-hybridized carbons (Fsp3) is 0.214. The van der Waals surface area contributed by atoms with Crippen molar-refractivity contribution in [1.82, 2.24) is 14.3 Å². The Balaban J connectivity index is 2.45. The molecule has 0 atom stereocenters. The van der Waals surface area contributed by atoms with Gasteiger partial charge in [0.25, 0.3) is 0 Å². The molecule has 4 nitrogen and oxygen atoms in total. The normalized spacial score (nSPS) is 11.4. The van der Waals surface area contributed by atoms with Crippen LogP contribution in [0.1, 0.15) is 5.69 Å². The molecule has 0 bridgehead atoms. The summed E-state index contributed by atoms with van der Waals surface area (Å²) in [7, 11) is 3.78. The molecule has 0 fully saturated rings. The molecule has 0 unspecified atom stereocenters. The average Bonchev–Trinajstić information content (AvgIpc) is 2.81. The number of nitrogens with two attached hydrogens (primary N) is 1. The number of hydrogen-bond acceptors (Lipinski definition) is 2. The molecule has 98 valence electrons. The Labute approximate surface area is 110 Å². The van der Waals surface area contributed by atoms with Crippen molar-refractivity contribution in [3.8, 4) is 11.3 Å². The van der Waals surface area contributed by atoms with Gasteiger partial charge < -0.3 is 10.3 Å². The van der Waals surface area contributed by atoms with Crippen molar-refractivity contribution in [2.75, 3.05) is 5.73 Å². The van der Waals surface area contributed by atoms with Gasteiger partial charge in [-0.05, 0) is 25.1 Å². The molecular weight excluding hydrogens is 243 g/mol. The number of benzene rings is 1. The highest BCUT2D eigenvalue weighted by Crippen LogP contribution is 2.36. The number of anilines is 1. The van der Waals surface area contributed by atoms with Gasteiger partial charge in [-0.25, -0.2) is 4.39 Å². The van der Waals surface area contributed by atoms with Gasteiger partial charge in [-0.3, -0.25) is 4.68 Å². The van der Waals surface area contributed by atoms with Crippen LogP contribution in [0.5, 0.6) is 0 Å². The lowest BCUT2D eigenvalue weighted by Gasteiger charge is -2.05. The number of fused-ring (bicyclic) bond motifs is 1. The largest absolute Gasteiger partial charge is 0.396 e. The van der Waals surface area contributed by atoms with Crippen LogP contribution in [-0.4, -0.2) is 14.3 Å². The summed E-state index contributed by atoms with van der Waals surface area (Å²) in [4.78, 5) is 0. The molecule has 0 aliphatic rings. The molecule has 0 aliphatic heterocycles. The summed E-state index contributed by atoms with van der Waals surface area (Å²) < 4.78 is 17.1. The van der Waals surface area contributed by atoms with E-state index in [1.54, 1.807) is 23.0 Å². The van der Waals surface area contributed by atoms with E-state index >= 15 is 0 Å². The second kappa shape index (κ2) is 3.85. The van der Waals surface area contributed by atoms with Crippen molar-refractivity contribution < 1.29 is 4.39 Å². The number of nitrogen functional groups attached to an aromatic ring is 1. The van der Waals surface area contributed by atoms with Gasteiger partial charge in [0, 0.05) is 30.7 Å². The lowest BCUT2D eigenvalue weighted by atomic mass is 10.1. The van der Waals surface area contributed by atoms with E-state index in [0.717, 1.165) is 27.9 Å². The SMILES string of the molecule is Cc1c(-c2c(N)cnn2C)c2ccc(F)cc2n1C. The first kappa shape index (κ1) is 11.8. The van der Waals surface area contributed by atoms with E-state index in [9.17, 15) is 4.39 Å². The van der Waals surface area contributed by atoms with Crippen molar-refractivity contribution in [1.29, 1.82) is 0 Å². The topological polar surface area (TPSA) is 48.8 Å². The van der Waals surface area contributed by atoms with E-state index in [0.29, 0.717) is 5.69 Å². The van der Waals surface area contributed by atoms with Gasteiger partial charge in [0.2, 0.25) is 0 Å². The van der Waals surface area contributed by atoms with Gasteiger partial charge in [0.1, 0.15) is 5.82 Å². The summed E-state index contributed by atoms with van der Waals surface area (Å²) in [6, 6.07) is 4.80. The number of hydrogen-bond donors (Lipinski definition) is 1. The van der Waals surface area contributed by atoms with E-state index in [-0.39, 0.29) is 5.82 Å².